The summed E-state index contributed by atoms with van der Waals surface area (Å²) in [7, 11) is -1.71. The van der Waals surface area contributed by atoms with Gasteiger partial charge in [-0.05, 0) is 12.4 Å². The lowest BCUT2D eigenvalue weighted by atomic mass is 9.82. The molecule has 2 N–H and O–H groups in total. The van der Waals surface area contributed by atoms with Crippen LogP contribution in [-0.4, -0.2) is 22.2 Å². The molecule has 1 aromatic heterocycles. The van der Waals surface area contributed by atoms with Gasteiger partial charge in [-0.1, -0.05) is 12.9 Å². The largest absolute Gasteiger partial charge is 0.490 e. The summed E-state index contributed by atoms with van der Waals surface area (Å²) < 4.78 is 35.9. The van der Waals surface area contributed by atoms with Crippen molar-refractivity contribution in [2.45, 2.75) is 13.2 Å². The first-order valence-corrected chi connectivity index (χ1v) is 2.99. The zero-order valence-electron chi connectivity index (χ0n) is 10.7. The molecule has 0 unspecified atom stereocenters. The average molecular weight is 156 g/mol. The first-order chi connectivity index (χ1) is 7.16. The van der Waals surface area contributed by atoms with E-state index in [0.29, 0.717) is 0 Å². The zero-order valence-corrected chi connectivity index (χ0v) is 5.65. The lowest BCUT2D eigenvalue weighted by Crippen LogP contribution is -2.30. The molecule has 0 radical (unpaired) electrons. The summed E-state index contributed by atoms with van der Waals surface area (Å²) in [5, 5.41) is 17.6. The van der Waals surface area contributed by atoms with Gasteiger partial charge in [0.05, 0.1) is 0 Å². The molecule has 4 heteroatoms. The summed E-state index contributed by atoms with van der Waals surface area (Å²) in [5.74, 6) is 0. The lowest BCUT2D eigenvalue weighted by molar-refractivity contribution is 0.425. The number of aromatic nitrogens is 1. The topological polar surface area (TPSA) is 53.4 Å². The molecule has 0 saturated carbocycles. The monoisotopic (exact) mass is 156 g/mol. The van der Waals surface area contributed by atoms with Gasteiger partial charge in [0.15, 0.2) is 0 Å². The van der Waals surface area contributed by atoms with Crippen molar-refractivity contribution in [3.05, 3.63) is 24.0 Å². The van der Waals surface area contributed by atoms with Gasteiger partial charge < -0.3 is 10.0 Å². The van der Waals surface area contributed by atoms with Crippen LogP contribution in [0.15, 0.2) is 18.3 Å². The van der Waals surface area contributed by atoms with E-state index in [2.05, 4.69) is 4.98 Å². The molecule has 0 atom stereocenters. The van der Waals surface area contributed by atoms with E-state index in [9.17, 15) is 0 Å². The second-order valence-electron chi connectivity index (χ2n) is 1.98. The molecule has 0 bridgehead atoms. The summed E-state index contributed by atoms with van der Waals surface area (Å²) in [5.41, 5.74) is -0.193. The summed E-state index contributed by atoms with van der Waals surface area (Å²) in [6.45, 7) is -2.82. The molecule has 0 fully saturated rings. The van der Waals surface area contributed by atoms with Crippen LogP contribution in [0.25, 0.3) is 0 Å². The van der Waals surface area contributed by atoms with Gasteiger partial charge in [-0.25, -0.2) is 0 Å². The number of pyridine rings is 1. The van der Waals surface area contributed by atoms with E-state index >= 15 is 0 Å². The maximum Gasteiger partial charge on any atom is 0.490 e. The molecule has 1 aromatic rings. The fraction of sp³-hybridized carbons (Fsp3) is 0.286. The standard InChI is InChI=1S/C7H10BNO2/c1-2-7-4-3-6(5-9-7)8(10)11/h3-5,10-11H,2H2,1H3/i1D3,2D2. The first-order valence-electron chi connectivity index (χ1n) is 5.49. The van der Waals surface area contributed by atoms with Gasteiger partial charge in [0.25, 0.3) is 0 Å². The Balaban J connectivity index is 3.07. The van der Waals surface area contributed by atoms with Crippen LogP contribution < -0.4 is 5.46 Å². The fourth-order valence-corrected chi connectivity index (χ4v) is 0.632. The minimum Gasteiger partial charge on any atom is -0.423 e. The van der Waals surface area contributed by atoms with Gasteiger partial charge >= 0.3 is 7.12 Å². The molecule has 0 aliphatic rings. The van der Waals surface area contributed by atoms with E-state index in [1.54, 1.807) is 0 Å². The lowest BCUT2D eigenvalue weighted by Gasteiger charge is -1.98. The van der Waals surface area contributed by atoms with Gasteiger partial charge in [-0.2, -0.15) is 0 Å². The zero-order chi connectivity index (χ0) is 12.6. The third-order valence-corrected chi connectivity index (χ3v) is 1.21. The maximum atomic E-state index is 8.79. The summed E-state index contributed by atoms with van der Waals surface area (Å²) in [4.78, 5) is 3.58. The minimum absolute atomic E-state index is 0.0742. The van der Waals surface area contributed by atoms with Crippen molar-refractivity contribution < 1.29 is 16.9 Å². The van der Waals surface area contributed by atoms with Crippen molar-refractivity contribution in [1.29, 1.82) is 0 Å². The quantitative estimate of drug-likeness (QED) is 0.558. The van der Waals surface area contributed by atoms with Crippen LogP contribution in [-0.2, 0) is 6.37 Å². The normalized spacial score (nSPS) is 18.9. The number of hydrogen-bond donors (Lipinski definition) is 2. The van der Waals surface area contributed by atoms with Gasteiger partial charge in [-0.15, -0.1) is 0 Å². The predicted molar refractivity (Wildman–Crippen MR) is 43.4 cm³/mol. The minimum atomic E-state index is -2.82. The molecule has 0 spiro atoms. The van der Waals surface area contributed by atoms with E-state index in [1.807, 2.05) is 0 Å². The van der Waals surface area contributed by atoms with Crippen LogP contribution in [0, 0.1) is 0 Å². The van der Waals surface area contributed by atoms with Crippen LogP contribution in [0.5, 0.6) is 0 Å². The molecule has 1 rings (SSSR count). The van der Waals surface area contributed by atoms with Gasteiger partial charge in [0, 0.05) is 24.2 Å². The fourth-order valence-electron chi connectivity index (χ4n) is 0.632. The first kappa shape index (κ1) is 3.69. The number of rotatable bonds is 2. The Labute approximate surface area is 72.9 Å². The van der Waals surface area contributed by atoms with E-state index in [0.717, 1.165) is 12.3 Å². The molecular weight excluding hydrogens is 141 g/mol. The molecule has 0 aliphatic heterocycles. The van der Waals surface area contributed by atoms with Gasteiger partial charge in [0.1, 0.15) is 0 Å². The third-order valence-electron chi connectivity index (χ3n) is 1.21. The average Bonchev–Trinajstić information content (AvgIpc) is 2.16. The maximum absolute atomic E-state index is 8.79. The Hall–Kier alpha value is -0.865. The van der Waals surface area contributed by atoms with Gasteiger partial charge in [0.2, 0.25) is 0 Å². The van der Waals surface area contributed by atoms with Crippen molar-refractivity contribution in [2.24, 2.45) is 0 Å². The molecule has 0 amide bonds. The van der Waals surface area contributed by atoms with Crippen LogP contribution in [0.2, 0.25) is 0 Å². The summed E-state index contributed by atoms with van der Waals surface area (Å²) in [6.07, 6.45) is -1.53. The third kappa shape index (κ3) is 2.03. The molecule has 11 heavy (non-hydrogen) atoms. The Kier molecular flexibility index (Phi) is 1.18. The van der Waals surface area contributed by atoms with Crippen molar-refractivity contribution in [2.75, 3.05) is 0 Å². The van der Waals surface area contributed by atoms with Gasteiger partial charge in [-0.3, -0.25) is 4.98 Å². The highest BCUT2D eigenvalue weighted by molar-refractivity contribution is 6.58. The van der Waals surface area contributed by atoms with E-state index in [1.165, 1.54) is 6.07 Å². The van der Waals surface area contributed by atoms with E-state index < -0.39 is 20.3 Å². The predicted octanol–water partition coefficient (Wildman–Crippen LogP) is -0.676. The molecular formula is C7H10BNO2. The molecule has 58 valence electrons. The Morgan fingerprint density at radius 1 is 1.73 bits per heavy atom. The van der Waals surface area contributed by atoms with Crippen molar-refractivity contribution in [1.82, 2.24) is 4.98 Å². The molecule has 1 heterocycles. The van der Waals surface area contributed by atoms with Crippen molar-refractivity contribution in [3.63, 3.8) is 0 Å². The Morgan fingerprint density at radius 2 is 2.55 bits per heavy atom. The Bertz CT molecular complexity index is 364. The molecule has 0 aromatic carbocycles. The highest BCUT2D eigenvalue weighted by atomic mass is 16.4. The second kappa shape index (κ2) is 3.50. The van der Waals surface area contributed by atoms with Crippen LogP contribution in [0.4, 0.5) is 0 Å². The van der Waals surface area contributed by atoms with Crippen molar-refractivity contribution in [3.8, 4) is 0 Å². The summed E-state index contributed by atoms with van der Waals surface area (Å²) >= 11 is 0. The smallest absolute Gasteiger partial charge is 0.423 e. The van der Waals surface area contributed by atoms with E-state index in [-0.39, 0.29) is 11.2 Å². The van der Waals surface area contributed by atoms with Crippen molar-refractivity contribution >= 4 is 12.6 Å². The van der Waals surface area contributed by atoms with E-state index in [4.69, 9.17) is 16.9 Å². The van der Waals surface area contributed by atoms with Crippen LogP contribution in [0.3, 0.4) is 0 Å². The molecule has 3 nitrogen and oxygen atoms in total. The van der Waals surface area contributed by atoms with Crippen LogP contribution >= 0.6 is 0 Å². The number of nitrogens with zero attached hydrogens (tertiary/aromatic N) is 1. The van der Waals surface area contributed by atoms with Crippen LogP contribution in [0.1, 0.15) is 19.4 Å². The number of hydrogen-bond acceptors (Lipinski definition) is 3. The summed E-state index contributed by atoms with van der Waals surface area (Å²) in [6, 6.07) is 2.34. The highest BCUT2D eigenvalue weighted by Gasteiger charge is 2.09. The second-order valence-corrected chi connectivity index (χ2v) is 1.98. The Morgan fingerprint density at radius 3 is 3.00 bits per heavy atom. The SMILES string of the molecule is [2H]C([2H])([2H])C([2H])([2H])c1ccc(B(O)O)cn1. The highest BCUT2D eigenvalue weighted by Crippen LogP contribution is 1.91. The molecule has 0 saturated heterocycles. The molecule has 0 aliphatic carbocycles. The number of aryl methyl sites for hydroxylation is 1.